The van der Waals surface area contributed by atoms with Gasteiger partial charge in [-0.2, -0.15) is 0 Å². The number of nitrogens with one attached hydrogen (secondary N) is 1. The maximum Gasteiger partial charge on any atom is 0.336 e. The van der Waals surface area contributed by atoms with E-state index >= 15 is 0 Å². The first kappa shape index (κ1) is 17.1. The maximum absolute atomic E-state index is 12.1. The van der Waals surface area contributed by atoms with Crippen LogP contribution in [0.25, 0.3) is 0 Å². The highest BCUT2D eigenvalue weighted by Crippen LogP contribution is 2.21. The highest BCUT2D eigenvalue weighted by atomic mass is 79.9. The van der Waals surface area contributed by atoms with E-state index in [4.69, 9.17) is 10.2 Å². The summed E-state index contributed by atoms with van der Waals surface area (Å²) in [6, 6.07) is 3.76. The van der Waals surface area contributed by atoms with Gasteiger partial charge in [0.1, 0.15) is 0 Å². The second-order valence-corrected chi connectivity index (χ2v) is 7.71. The minimum Gasteiger partial charge on any atom is -0.478 e. The second kappa shape index (κ2) is 6.21. The van der Waals surface area contributed by atoms with Gasteiger partial charge in [-0.1, -0.05) is 13.8 Å². The summed E-state index contributed by atoms with van der Waals surface area (Å²) in [7, 11) is -3.82. The van der Waals surface area contributed by atoms with E-state index in [1.54, 1.807) is 13.8 Å². The number of benzene rings is 1. The summed E-state index contributed by atoms with van der Waals surface area (Å²) in [6.45, 7) is 3.29. The minimum absolute atomic E-state index is 0.0459. The highest BCUT2D eigenvalue weighted by molar-refractivity contribution is 9.10. The Balaban J connectivity index is 3.05. The molecule has 1 aromatic rings. The Labute approximate surface area is 126 Å². The topological polar surface area (TPSA) is 104 Å². The number of hydrogen-bond donors (Lipinski definition) is 3. The van der Waals surface area contributed by atoms with Crippen LogP contribution in [0.1, 0.15) is 24.2 Å². The van der Waals surface area contributed by atoms with Gasteiger partial charge < -0.3 is 10.2 Å². The Hall–Kier alpha value is -0.960. The summed E-state index contributed by atoms with van der Waals surface area (Å²) in [5, 5.41) is 18.1. The number of sulfonamides is 1. The molecular formula is C12H16BrNO5S. The Bertz CT molecular complexity index is 612. The molecule has 0 radical (unpaired) electrons. The lowest BCUT2D eigenvalue weighted by Crippen LogP contribution is -2.36. The predicted octanol–water partition coefficient (Wildman–Crippen LogP) is 1.44. The van der Waals surface area contributed by atoms with Gasteiger partial charge in [0.05, 0.1) is 10.5 Å². The molecule has 8 heteroatoms. The van der Waals surface area contributed by atoms with E-state index in [1.807, 2.05) is 0 Å². The first-order valence-corrected chi connectivity index (χ1v) is 8.00. The van der Waals surface area contributed by atoms with Crippen LogP contribution in [0.3, 0.4) is 0 Å². The smallest absolute Gasteiger partial charge is 0.336 e. The lowest BCUT2D eigenvalue weighted by molar-refractivity contribution is 0.0695. The van der Waals surface area contributed by atoms with Crippen molar-refractivity contribution in [2.24, 2.45) is 5.41 Å². The van der Waals surface area contributed by atoms with Gasteiger partial charge in [-0.25, -0.2) is 17.9 Å². The van der Waals surface area contributed by atoms with Crippen LogP contribution in [0, 0.1) is 5.41 Å². The lowest BCUT2D eigenvalue weighted by Gasteiger charge is -2.21. The number of rotatable bonds is 6. The molecule has 0 aliphatic carbocycles. The largest absolute Gasteiger partial charge is 0.478 e. The lowest BCUT2D eigenvalue weighted by atomic mass is 9.96. The van der Waals surface area contributed by atoms with Gasteiger partial charge in [0.25, 0.3) is 0 Å². The van der Waals surface area contributed by atoms with E-state index in [0.717, 1.165) is 6.07 Å². The summed E-state index contributed by atoms with van der Waals surface area (Å²) < 4.78 is 26.8. The van der Waals surface area contributed by atoms with Crippen LogP contribution in [0.5, 0.6) is 0 Å². The van der Waals surface area contributed by atoms with Gasteiger partial charge in [-0.05, 0) is 34.1 Å². The van der Waals surface area contributed by atoms with Crippen molar-refractivity contribution in [3.63, 3.8) is 0 Å². The number of halogens is 1. The van der Waals surface area contributed by atoms with Crippen LogP contribution in [-0.2, 0) is 10.0 Å². The molecule has 0 aliphatic heterocycles. The Kier molecular flexibility index (Phi) is 5.31. The molecule has 0 aromatic heterocycles. The molecular weight excluding hydrogens is 350 g/mol. The van der Waals surface area contributed by atoms with E-state index in [0.29, 0.717) is 4.47 Å². The summed E-state index contributed by atoms with van der Waals surface area (Å²) in [5.74, 6) is -1.22. The van der Waals surface area contributed by atoms with Gasteiger partial charge in [0.2, 0.25) is 10.0 Å². The van der Waals surface area contributed by atoms with Crippen LogP contribution in [-0.4, -0.2) is 37.8 Å². The van der Waals surface area contributed by atoms with Crippen molar-refractivity contribution in [1.82, 2.24) is 4.72 Å². The van der Waals surface area contributed by atoms with E-state index < -0.39 is 21.4 Å². The van der Waals surface area contributed by atoms with Crippen molar-refractivity contribution in [3.8, 4) is 0 Å². The molecule has 0 atom stereocenters. The van der Waals surface area contributed by atoms with Crippen LogP contribution in [0.15, 0.2) is 27.6 Å². The van der Waals surface area contributed by atoms with E-state index in [-0.39, 0.29) is 23.6 Å². The van der Waals surface area contributed by atoms with Crippen LogP contribution in [0.4, 0.5) is 0 Å². The normalized spacial score (nSPS) is 12.4. The zero-order valence-electron chi connectivity index (χ0n) is 11.1. The Morgan fingerprint density at radius 1 is 1.40 bits per heavy atom. The SMILES string of the molecule is CC(C)(CO)CNS(=O)(=O)c1ccc(Br)c(C(=O)O)c1. The summed E-state index contributed by atoms with van der Waals surface area (Å²) in [4.78, 5) is 10.9. The number of aromatic carboxylic acids is 1. The first-order chi connectivity index (χ1) is 9.09. The summed E-state index contributed by atoms with van der Waals surface area (Å²) >= 11 is 3.05. The minimum atomic E-state index is -3.82. The molecule has 0 amide bonds. The van der Waals surface area contributed by atoms with Gasteiger partial charge >= 0.3 is 5.97 Å². The van der Waals surface area contributed by atoms with Crippen LogP contribution >= 0.6 is 15.9 Å². The third-order valence-corrected chi connectivity index (χ3v) is 4.74. The van der Waals surface area contributed by atoms with E-state index in [2.05, 4.69) is 20.7 Å². The van der Waals surface area contributed by atoms with Gasteiger partial charge in [-0.3, -0.25) is 0 Å². The molecule has 0 bridgehead atoms. The molecule has 0 aliphatic rings. The quantitative estimate of drug-likeness (QED) is 0.707. The van der Waals surface area contributed by atoms with Crippen molar-refractivity contribution < 1.29 is 23.4 Å². The van der Waals surface area contributed by atoms with Gasteiger partial charge in [-0.15, -0.1) is 0 Å². The fourth-order valence-corrected chi connectivity index (χ4v) is 2.95. The average Bonchev–Trinajstić information content (AvgIpc) is 2.36. The molecule has 0 fully saturated rings. The Morgan fingerprint density at radius 2 is 2.00 bits per heavy atom. The van der Waals surface area contributed by atoms with E-state index in [9.17, 15) is 13.2 Å². The zero-order chi connectivity index (χ0) is 15.6. The van der Waals surface area contributed by atoms with Crippen LogP contribution < -0.4 is 4.72 Å². The molecule has 1 rings (SSSR count). The van der Waals surface area contributed by atoms with Crippen LogP contribution in [0.2, 0.25) is 0 Å². The fraction of sp³-hybridized carbons (Fsp3) is 0.417. The molecule has 0 heterocycles. The van der Waals surface area contributed by atoms with Crippen molar-refractivity contribution in [2.75, 3.05) is 13.2 Å². The first-order valence-electron chi connectivity index (χ1n) is 5.72. The fourth-order valence-electron chi connectivity index (χ4n) is 1.27. The van der Waals surface area contributed by atoms with Gasteiger partial charge in [0.15, 0.2) is 0 Å². The number of carboxylic acid groups (broad SMARTS) is 1. The van der Waals surface area contributed by atoms with Crippen molar-refractivity contribution in [3.05, 3.63) is 28.2 Å². The number of aliphatic hydroxyl groups is 1. The number of aliphatic hydroxyl groups excluding tert-OH is 1. The third-order valence-electron chi connectivity index (χ3n) is 2.65. The van der Waals surface area contributed by atoms with Crippen molar-refractivity contribution in [2.45, 2.75) is 18.7 Å². The standard InChI is InChI=1S/C12H16BrNO5S/c1-12(2,7-15)6-14-20(18,19)8-3-4-10(13)9(5-8)11(16)17/h3-5,14-15H,6-7H2,1-2H3,(H,16,17). The van der Waals surface area contributed by atoms with Crippen molar-refractivity contribution >= 4 is 31.9 Å². The molecule has 1 aromatic carbocycles. The number of carbonyl (C=O) groups is 1. The van der Waals surface area contributed by atoms with E-state index in [1.165, 1.54) is 12.1 Å². The molecule has 20 heavy (non-hydrogen) atoms. The average molecular weight is 366 g/mol. The van der Waals surface area contributed by atoms with Gasteiger partial charge in [0, 0.05) is 23.0 Å². The second-order valence-electron chi connectivity index (χ2n) is 5.09. The maximum atomic E-state index is 12.1. The predicted molar refractivity (Wildman–Crippen MR) is 77.2 cm³/mol. The molecule has 3 N–H and O–H groups in total. The highest BCUT2D eigenvalue weighted by Gasteiger charge is 2.23. The molecule has 0 unspecified atom stereocenters. The number of hydrogen-bond acceptors (Lipinski definition) is 4. The van der Waals surface area contributed by atoms with Crippen molar-refractivity contribution in [1.29, 1.82) is 0 Å². The summed E-state index contributed by atoms with van der Waals surface area (Å²) in [5.41, 5.74) is -0.729. The number of carboxylic acids is 1. The molecule has 0 spiro atoms. The molecule has 0 saturated heterocycles. The molecule has 112 valence electrons. The third kappa shape index (κ3) is 4.27. The molecule has 6 nitrogen and oxygen atoms in total. The Morgan fingerprint density at radius 3 is 2.50 bits per heavy atom. The molecule has 0 saturated carbocycles. The summed E-state index contributed by atoms with van der Waals surface area (Å²) in [6.07, 6.45) is 0. The zero-order valence-corrected chi connectivity index (χ0v) is 13.5. The monoisotopic (exact) mass is 365 g/mol.